The molecule has 3 rings (SSSR count). The smallest absolute Gasteiger partial charge is 0.149 e. The zero-order chi connectivity index (χ0) is 14.3. The first kappa shape index (κ1) is 13.8. The first-order valence-electron chi connectivity index (χ1n) is 6.52. The van der Waals surface area contributed by atoms with Gasteiger partial charge >= 0.3 is 0 Å². The number of aromatic nitrogens is 2. The summed E-state index contributed by atoms with van der Waals surface area (Å²) in [5, 5.41) is 4.09. The standard InChI is InChI=1S/C13H18N4OS2/c1-8-6-19-11(15-8)9-10(14)16-20-12(9)17-4-5-18-7-13(17,2)3/h6H,4-5,7H2,1-3H3,(H2,14,16). The summed E-state index contributed by atoms with van der Waals surface area (Å²) in [6, 6.07) is 0. The van der Waals surface area contributed by atoms with Gasteiger partial charge in [-0.05, 0) is 32.3 Å². The summed E-state index contributed by atoms with van der Waals surface area (Å²) < 4.78 is 9.94. The number of ether oxygens (including phenoxy) is 1. The lowest BCUT2D eigenvalue weighted by molar-refractivity contribution is 0.0649. The van der Waals surface area contributed by atoms with Crippen LogP contribution >= 0.6 is 22.9 Å². The van der Waals surface area contributed by atoms with E-state index in [1.807, 2.05) is 12.3 Å². The van der Waals surface area contributed by atoms with Crippen LogP contribution < -0.4 is 10.6 Å². The van der Waals surface area contributed by atoms with Crippen molar-refractivity contribution in [2.45, 2.75) is 26.3 Å². The molecule has 0 aromatic carbocycles. The lowest BCUT2D eigenvalue weighted by Crippen LogP contribution is -2.53. The fourth-order valence-corrected chi connectivity index (χ4v) is 4.30. The number of rotatable bonds is 2. The number of nitrogens with zero attached hydrogens (tertiary/aromatic N) is 3. The van der Waals surface area contributed by atoms with Gasteiger partial charge in [-0.3, -0.25) is 0 Å². The van der Waals surface area contributed by atoms with Crippen molar-refractivity contribution in [1.29, 1.82) is 0 Å². The van der Waals surface area contributed by atoms with Crippen LogP contribution in [0, 0.1) is 6.92 Å². The molecule has 1 aliphatic heterocycles. The van der Waals surface area contributed by atoms with Crippen LogP contribution in [0.2, 0.25) is 0 Å². The molecule has 0 atom stereocenters. The van der Waals surface area contributed by atoms with Gasteiger partial charge in [0.2, 0.25) is 0 Å². The molecule has 7 heteroatoms. The second-order valence-electron chi connectivity index (χ2n) is 5.56. The van der Waals surface area contributed by atoms with Crippen LogP contribution in [0.1, 0.15) is 19.5 Å². The van der Waals surface area contributed by atoms with E-state index in [1.54, 1.807) is 11.3 Å². The zero-order valence-electron chi connectivity index (χ0n) is 11.8. The summed E-state index contributed by atoms with van der Waals surface area (Å²) in [5.74, 6) is 0.571. The largest absolute Gasteiger partial charge is 0.382 e. The second kappa shape index (κ2) is 4.98. The Morgan fingerprint density at radius 1 is 1.45 bits per heavy atom. The molecule has 1 fully saturated rings. The highest BCUT2D eigenvalue weighted by molar-refractivity contribution is 7.15. The van der Waals surface area contributed by atoms with Gasteiger partial charge in [0.25, 0.3) is 0 Å². The van der Waals surface area contributed by atoms with Gasteiger partial charge in [-0.2, -0.15) is 4.37 Å². The lowest BCUT2D eigenvalue weighted by atomic mass is 10.0. The van der Waals surface area contributed by atoms with E-state index >= 15 is 0 Å². The van der Waals surface area contributed by atoms with Gasteiger partial charge in [-0.15, -0.1) is 11.3 Å². The lowest BCUT2D eigenvalue weighted by Gasteiger charge is -2.43. The summed E-state index contributed by atoms with van der Waals surface area (Å²) >= 11 is 3.07. The predicted molar refractivity (Wildman–Crippen MR) is 84.6 cm³/mol. The van der Waals surface area contributed by atoms with Crippen molar-refractivity contribution in [3.63, 3.8) is 0 Å². The highest BCUT2D eigenvalue weighted by Gasteiger charge is 2.34. The van der Waals surface area contributed by atoms with Crippen molar-refractivity contribution in [3.8, 4) is 10.6 Å². The van der Waals surface area contributed by atoms with Crippen molar-refractivity contribution in [3.05, 3.63) is 11.1 Å². The molecule has 0 spiro atoms. The summed E-state index contributed by atoms with van der Waals surface area (Å²) in [6.45, 7) is 8.65. The predicted octanol–water partition coefficient (Wildman–Crippen LogP) is 2.77. The Bertz CT molecular complexity index is 620. The highest BCUT2D eigenvalue weighted by Crippen LogP contribution is 2.43. The zero-order valence-corrected chi connectivity index (χ0v) is 13.5. The Hall–Kier alpha value is -1.18. The third-order valence-electron chi connectivity index (χ3n) is 3.42. The third-order valence-corrected chi connectivity index (χ3v) is 5.29. The summed E-state index contributed by atoms with van der Waals surface area (Å²) in [5.41, 5.74) is 8.02. The minimum absolute atomic E-state index is 0.0573. The number of nitrogen functional groups attached to an aromatic ring is 1. The topological polar surface area (TPSA) is 64.3 Å². The maximum Gasteiger partial charge on any atom is 0.149 e. The van der Waals surface area contributed by atoms with E-state index in [-0.39, 0.29) is 5.54 Å². The van der Waals surface area contributed by atoms with Crippen LogP contribution in [0.4, 0.5) is 10.8 Å². The molecular weight excluding hydrogens is 292 g/mol. The Kier molecular flexibility index (Phi) is 3.43. The van der Waals surface area contributed by atoms with Crippen LogP contribution in [0.5, 0.6) is 0 Å². The third kappa shape index (κ3) is 2.30. The maximum atomic E-state index is 6.09. The molecule has 20 heavy (non-hydrogen) atoms. The van der Waals surface area contributed by atoms with E-state index in [4.69, 9.17) is 10.5 Å². The first-order chi connectivity index (χ1) is 9.49. The molecule has 0 amide bonds. The Balaban J connectivity index is 2.06. The van der Waals surface area contributed by atoms with Crippen molar-refractivity contribution < 1.29 is 4.74 Å². The van der Waals surface area contributed by atoms with E-state index in [0.717, 1.165) is 34.4 Å². The SMILES string of the molecule is Cc1csc(-c2c(N)nsc2N2CCOCC2(C)C)n1. The average molecular weight is 310 g/mol. The fourth-order valence-electron chi connectivity index (χ4n) is 2.38. The summed E-state index contributed by atoms with van der Waals surface area (Å²) in [7, 11) is 0. The van der Waals surface area contributed by atoms with Crippen LogP contribution in [0.25, 0.3) is 10.6 Å². The Morgan fingerprint density at radius 3 is 2.90 bits per heavy atom. The molecule has 0 saturated carbocycles. The van der Waals surface area contributed by atoms with Crippen LogP contribution in [0.3, 0.4) is 0 Å². The Labute approximate surface area is 126 Å². The molecule has 0 bridgehead atoms. The number of thiazole rings is 1. The number of hydrogen-bond donors (Lipinski definition) is 1. The molecule has 2 aromatic rings. The van der Waals surface area contributed by atoms with Gasteiger partial charge in [0.15, 0.2) is 0 Å². The molecule has 1 aliphatic rings. The minimum Gasteiger partial charge on any atom is -0.382 e. The summed E-state index contributed by atoms with van der Waals surface area (Å²) in [6.07, 6.45) is 0. The van der Waals surface area contributed by atoms with Gasteiger partial charge in [0.1, 0.15) is 15.8 Å². The number of hydrogen-bond acceptors (Lipinski definition) is 7. The number of aryl methyl sites for hydroxylation is 1. The summed E-state index contributed by atoms with van der Waals surface area (Å²) in [4.78, 5) is 6.91. The normalized spacial score (nSPS) is 18.4. The van der Waals surface area contributed by atoms with E-state index in [9.17, 15) is 0 Å². The van der Waals surface area contributed by atoms with Crippen LogP contribution in [0.15, 0.2) is 5.38 Å². The monoisotopic (exact) mass is 310 g/mol. The quantitative estimate of drug-likeness (QED) is 0.924. The highest BCUT2D eigenvalue weighted by atomic mass is 32.1. The van der Waals surface area contributed by atoms with Crippen molar-refractivity contribution in [2.24, 2.45) is 0 Å². The van der Waals surface area contributed by atoms with Gasteiger partial charge < -0.3 is 15.4 Å². The van der Waals surface area contributed by atoms with E-state index < -0.39 is 0 Å². The molecule has 108 valence electrons. The molecule has 3 heterocycles. The molecule has 1 saturated heterocycles. The molecule has 2 aromatic heterocycles. The van der Waals surface area contributed by atoms with Crippen LogP contribution in [-0.2, 0) is 4.74 Å². The molecule has 0 radical (unpaired) electrons. The van der Waals surface area contributed by atoms with Gasteiger partial charge in [0.05, 0.1) is 24.3 Å². The van der Waals surface area contributed by atoms with E-state index in [0.29, 0.717) is 12.4 Å². The number of nitrogens with two attached hydrogens (primary N) is 1. The molecular formula is C13H18N4OS2. The van der Waals surface area contributed by atoms with Gasteiger partial charge in [0, 0.05) is 17.6 Å². The van der Waals surface area contributed by atoms with Crippen molar-refractivity contribution in [1.82, 2.24) is 9.36 Å². The average Bonchev–Trinajstić information content (AvgIpc) is 2.95. The van der Waals surface area contributed by atoms with E-state index in [1.165, 1.54) is 11.5 Å². The number of morpholine rings is 1. The Morgan fingerprint density at radius 2 is 2.25 bits per heavy atom. The second-order valence-corrected chi connectivity index (χ2v) is 7.17. The van der Waals surface area contributed by atoms with Crippen molar-refractivity contribution >= 4 is 33.7 Å². The fraction of sp³-hybridized carbons (Fsp3) is 0.538. The maximum absolute atomic E-state index is 6.09. The van der Waals surface area contributed by atoms with Gasteiger partial charge in [-0.1, -0.05) is 0 Å². The minimum atomic E-state index is -0.0573. The van der Waals surface area contributed by atoms with E-state index in [2.05, 4.69) is 28.1 Å². The van der Waals surface area contributed by atoms with Crippen LogP contribution in [-0.4, -0.2) is 34.7 Å². The van der Waals surface area contributed by atoms with Gasteiger partial charge in [-0.25, -0.2) is 4.98 Å². The first-order valence-corrected chi connectivity index (χ1v) is 8.17. The molecule has 5 nitrogen and oxygen atoms in total. The van der Waals surface area contributed by atoms with Crippen molar-refractivity contribution in [2.75, 3.05) is 30.4 Å². The molecule has 2 N–H and O–H groups in total. The molecule has 0 aliphatic carbocycles. The molecule has 0 unspecified atom stereocenters. The number of anilines is 2.